The summed E-state index contributed by atoms with van der Waals surface area (Å²) in [5.41, 5.74) is -0.412. The smallest absolute Gasteiger partial charge is 0.424 e. The molecule has 2 heterocycles. The quantitative estimate of drug-likeness (QED) is 0.245. The minimum absolute atomic E-state index is 0.00234. The van der Waals surface area contributed by atoms with Crippen LogP contribution in [0.3, 0.4) is 0 Å². The van der Waals surface area contributed by atoms with Crippen molar-refractivity contribution < 1.29 is 41.7 Å². The molecule has 3 rings (SSSR count). The Morgan fingerprint density at radius 3 is 2.42 bits per heavy atom. The number of nitrogens with one attached hydrogen (secondary N) is 1. The Morgan fingerprint density at radius 1 is 1.12 bits per heavy atom. The molecule has 16 heteroatoms. The minimum atomic E-state index is -3.61. The molecule has 0 saturated carbocycles. The first-order valence-corrected chi connectivity index (χ1v) is 15.3. The molecule has 0 saturated heterocycles. The normalized spacial score (nSPS) is 12.5. The summed E-state index contributed by atoms with van der Waals surface area (Å²) in [6.45, 7) is 7.93. The third-order valence-electron chi connectivity index (χ3n) is 5.55. The number of rotatable bonds is 10. The first-order valence-electron chi connectivity index (χ1n) is 13.0. The number of methoxy groups -OCH3 is 1. The zero-order valence-electron chi connectivity index (χ0n) is 24.8. The number of hydrogen-bond acceptors (Lipinski definition) is 11. The van der Waals surface area contributed by atoms with E-state index in [-0.39, 0.29) is 34.6 Å². The van der Waals surface area contributed by atoms with E-state index in [1.165, 1.54) is 36.0 Å². The Hall–Kier alpha value is -4.11. The molecule has 0 aliphatic carbocycles. The van der Waals surface area contributed by atoms with Crippen LogP contribution in [0, 0.1) is 5.92 Å². The number of nitrogens with zero attached hydrogens (tertiary/aromatic N) is 4. The molecule has 0 bridgehead atoms. The van der Waals surface area contributed by atoms with Gasteiger partial charge in [0.25, 0.3) is 5.95 Å². The van der Waals surface area contributed by atoms with Gasteiger partial charge in [0, 0.05) is 18.5 Å². The fourth-order valence-corrected chi connectivity index (χ4v) is 4.53. The monoisotopic (exact) mass is 639 g/mol. The lowest BCUT2D eigenvalue weighted by Gasteiger charge is -2.24. The maximum Gasteiger partial charge on any atom is 0.424 e. The zero-order chi connectivity index (χ0) is 32.1. The van der Waals surface area contributed by atoms with E-state index in [0.717, 1.165) is 11.2 Å². The molecule has 1 atom stereocenters. The lowest BCUT2D eigenvalue weighted by atomic mass is 10.0. The first kappa shape index (κ1) is 33.4. The number of esters is 1. The number of anilines is 2. The molecule has 0 radical (unpaired) electrons. The Morgan fingerprint density at radius 2 is 1.81 bits per heavy atom. The number of ether oxygens (including phenoxy) is 4. The van der Waals surface area contributed by atoms with Gasteiger partial charge in [-0.05, 0) is 57.4 Å². The molecular weight excluding hydrogens is 606 g/mol. The van der Waals surface area contributed by atoms with Gasteiger partial charge >= 0.3 is 18.2 Å². The van der Waals surface area contributed by atoms with Gasteiger partial charge in [-0.1, -0.05) is 25.4 Å². The number of halogens is 1. The van der Waals surface area contributed by atoms with Crippen LogP contribution in [-0.4, -0.2) is 73.0 Å². The van der Waals surface area contributed by atoms with Crippen LogP contribution in [0.4, 0.5) is 21.2 Å². The summed E-state index contributed by atoms with van der Waals surface area (Å²) >= 11 is 6.06. The number of aromatic nitrogens is 3. The number of fused-ring (bicyclic) bond motifs is 1. The fraction of sp³-hybridized carbons (Fsp3) is 0.444. The van der Waals surface area contributed by atoms with Gasteiger partial charge in [-0.3, -0.25) is 0 Å². The highest BCUT2D eigenvalue weighted by Gasteiger charge is 2.30. The first-order chi connectivity index (χ1) is 20.0. The van der Waals surface area contributed by atoms with Gasteiger partial charge in [0.15, 0.2) is 15.5 Å². The number of pyridine rings is 1. The molecule has 0 unspecified atom stereocenters. The maximum absolute atomic E-state index is 13.4. The van der Waals surface area contributed by atoms with E-state index in [1.807, 2.05) is 13.8 Å². The Labute approximate surface area is 254 Å². The van der Waals surface area contributed by atoms with Crippen LogP contribution in [0.1, 0.15) is 41.0 Å². The molecular formula is C27H34ClN5O9S. The van der Waals surface area contributed by atoms with Gasteiger partial charge in [-0.2, -0.15) is 4.98 Å². The lowest BCUT2D eigenvalue weighted by molar-refractivity contribution is -0.154. The second-order valence-electron chi connectivity index (χ2n) is 10.8. The highest BCUT2D eigenvalue weighted by Crippen LogP contribution is 2.35. The van der Waals surface area contributed by atoms with Gasteiger partial charge < -0.3 is 24.3 Å². The van der Waals surface area contributed by atoms with Crippen molar-refractivity contribution >= 4 is 56.9 Å². The van der Waals surface area contributed by atoms with Crippen LogP contribution in [0.5, 0.6) is 5.75 Å². The molecule has 43 heavy (non-hydrogen) atoms. The second kappa shape index (κ2) is 13.5. The van der Waals surface area contributed by atoms with Gasteiger partial charge in [0.05, 0.1) is 22.7 Å². The Bertz CT molecular complexity index is 1600. The van der Waals surface area contributed by atoms with E-state index in [1.54, 1.807) is 32.9 Å². The zero-order valence-corrected chi connectivity index (χ0v) is 26.4. The van der Waals surface area contributed by atoms with E-state index in [9.17, 15) is 22.8 Å². The van der Waals surface area contributed by atoms with Gasteiger partial charge in [0.1, 0.15) is 17.4 Å². The molecule has 1 aromatic carbocycles. The summed E-state index contributed by atoms with van der Waals surface area (Å²) in [6.07, 6.45) is 0.839. The van der Waals surface area contributed by atoms with Crippen molar-refractivity contribution in [2.75, 3.05) is 25.1 Å². The molecule has 0 aliphatic rings. The Balaban J connectivity index is 1.87. The highest BCUT2D eigenvalue weighted by molar-refractivity contribution is 7.90. The number of alkyl carbamates (subject to hydrolysis) is 1. The van der Waals surface area contributed by atoms with Crippen molar-refractivity contribution in [3.63, 3.8) is 0 Å². The Kier molecular flexibility index (Phi) is 10.5. The summed E-state index contributed by atoms with van der Waals surface area (Å²) in [5, 5.41) is 7.13. The van der Waals surface area contributed by atoms with Crippen LogP contribution < -0.4 is 15.0 Å². The van der Waals surface area contributed by atoms with E-state index in [4.69, 9.17) is 30.5 Å². The molecule has 14 nitrogen and oxygen atoms in total. The number of hydrogen-bond donors (Lipinski definition) is 1. The van der Waals surface area contributed by atoms with Crippen LogP contribution in [0.15, 0.2) is 41.4 Å². The fourth-order valence-electron chi connectivity index (χ4n) is 3.74. The lowest BCUT2D eigenvalue weighted by Crippen LogP contribution is -2.45. The summed E-state index contributed by atoms with van der Waals surface area (Å²) in [7, 11) is -2.32. The van der Waals surface area contributed by atoms with Crippen molar-refractivity contribution in [3.8, 4) is 5.75 Å². The number of carbonyl (C=O) groups is 3. The molecule has 234 valence electrons. The van der Waals surface area contributed by atoms with Gasteiger partial charge in [-0.15, -0.1) is 5.10 Å². The molecule has 1 N–H and O–H groups in total. The van der Waals surface area contributed by atoms with Crippen LogP contribution in [0.25, 0.3) is 5.65 Å². The number of amides is 2. The summed E-state index contributed by atoms with van der Waals surface area (Å²) in [5.74, 6) is -1.03. The van der Waals surface area contributed by atoms with Gasteiger partial charge in [-0.25, -0.2) is 32.2 Å². The molecule has 2 aromatic heterocycles. The molecule has 0 fully saturated rings. The number of benzene rings is 1. The second-order valence-corrected chi connectivity index (χ2v) is 13.3. The molecule has 3 aromatic rings. The van der Waals surface area contributed by atoms with Crippen LogP contribution in [0.2, 0.25) is 5.02 Å². The van der Waals surface area contributed by atoms with E-state index in [2.05, 4.69) is 15.4 Å². The molecule has 0 aliphatic heterocycles. The predicted octanol–water partition coefficient (Wildman–Crippen LogP) is 4.51. The maximum atomic E-state index is 13.4. The van der Waals surface area contributed by atoms with Crippen LogP contribution in [-0.2, 0) is 28.8 Å². The van der Waals surface area contributed by atoms with E-state index < -0.39 is 46.4 Å². The molecule has 2 amide bonds. The summed E-state index contributed by atoms with van der Waals surface area (Å²) < 4.78 is 46.6. The number of carbonyl (C=O) groups excluding carboxylic acids is 3. The van der Waals surface area contributed by atoms with Crippen molar-refractivity contribution in [2.45, 2.75) is 57.6 Å². The van der Waals surface area contributed by atoms with E-state index in [0.29, 0.717) is 10.7 Å². The average molecular weight is 640 g/mol. The topological polar surface area (TPSA) is 168 Å². The van der Waals surface area contributed by atoms with Crippen molar-refractivity contribution in [1.29, 1.82) is 0 Å². The highest BCUT2D eigenvalue weighted by atomic mass is 35.5. The predicted molar refractivity (Wildman–Crippen MR) is 156 cm³/mol. The van der Waals surface area contributed by atoms with Gasteiger partial charge in [0.2, 0.25) is 6.79 Å². The minimum Gasteiger partial charge on any atom is -0.495 e. The van der Waals surface area contributed by atoms with E-state index >= 15 is 0 Å². The SMILES string of the molecule is COc1cc(S(C)(=O)=O)ccc1N(C(=O)OCOC(=O)[C@@H](CC(C)C)NC(=O)OC(C)(C)C)c1nc2ccc(Cl)cn2n1. The molecule has 0 spiro atoms. The van der Waals surface area contributed by atoms with Crippen molar-refractivity contribution in [3.05, 3.63) is 41.6 Å². The average Bonchev–Trinajstić information content (AvgIpc) is 3.29. The summed E-state index contributed by atoms with van der Waals surface area (Å²) in [4.78, 5) is 43.8. The van der Waals surface area contributed by atoms with Crippen LogP contribution >= 0.6 is 11.6 Å². The number of sulfone groups is 1. The summed E-state index contributed by atoms with van der Waals surface area (Å²) in [6, 6.07) is 5.91. The largest absolute Gasteiger partial charge is 0.495 e. The van der Waals surface area contributed by atoms with Crippen molar-refractivity contribution in [2.24, 2.45) is 5.92 Å². The third-order valence-corrected chi connectivity index (χ3v) is 6.89. The van der Waals surface area contributed by atoms with Crippen molar-refractivity contribution in [1.82, 2.24) is 19.9 Å². The third kappa shape index (κ3) is 9.19. The standard InChI is InChI=1S/C27H34ClN5O9S/c1-16(2)12-19(29-25(35)42-27(3,4)5)23(34)40-15-41-26(36)33(24-30-22-11-8-17(28)14-32(22)31-24)20-10-9-18(43(7,37)38)13-21(20)39-6/h8-11,13-14,16,19H,12,15H2,1-7H3,(H,29,35)/t19-/m1/s1.